The summed E-state index contributed by atoms with van der Waals surface area (Å²) in [6.45, 7) is 4.16. The van der Waals surface area contributed by atoms with Gasteiger partial charge in [-0.05, 0) is 25.2 Å². The van der Waals surface area contributed by atoms with E-state index < -0.39 is 22.0 Å². The number of carbonyl (C=O) groups is 1. The summed E-state index contributed by atoms with van der Waals surface area (Å²) in [6.07, 6.45) is 6.54. The minimum absolute atomic E-state index is 0.102. The fraction of sp³-hybridized carbons (Fsp3) is 0.933. The van der Waals surface area contributed by atoms with Gasteiger partial charge in [0.15, 0.2) is 0 Å². The average Bonchev–Trinajstić information content (AvgIpc) is 2.93. The second kappa shape index (κ2) is 9.47. The van der Waals surface area contributed by atoms with Gasteiger partial charge in [0.1, 0.15) is 6.04 Å². The minimum atomic E-state index is -3.61. The van der Waals surface area contributed by atoms with E-state index in [0.717, 1.165) is 19.3 Å². The van der Waals surface area contributed by atoms with Crippen molar-refractivity contribution in [2.75, 3.05) is 12.4 Å². The number of ether oxygens (including phenoxy) is 1. The SMILES string of the molecule is CCCC[C@H](NS(=O)(=O)CC(C)COC1CCCC1)C(=O)O. The number of aliphatic carboxylic acids is 1. The average molecular weight is 335 g/mol. The summed E-state index contributed by atoms with van der Waals surface area (Å²) in [5, 5.41) is 9.09. The Bertz CT molecular complexity index is 431. The van der Waals surface area contributed by atoms with Crippen LogP contribution >= 0.6 is 0 Å². The highest BCUT2D eigenvalue weighted by Crippen LogP contribution is 2.21. The van der Waals surface area contributed by atoms with Crippen LogP contribution in [0.2, 0.25) is 0 Å². The maximum absolute atomic E-state index is 12.1. The Balaban J connectivity index is 2.41. The zero-order valence-corrected chi connectivity index (χ0v) is 14.4. The van der Waals surface area contributed by atoms with Gasteiger partial charge in [0.05, 0.1) is 18.5 Å². The Morgan fingerprint density at radius 3 is 2.55 bits per heavy atom. The summed E-state index contributed by atoms with van der Waals surface area (Å²) in [7, 11) is -3.61. The fourth-order valence-electron chi connectivity index (χ4n) is 2.68. The van der Waals surface area contributed by atoms with Gasteiger partial charge in [-0.1, -0.05) is 39.5 Å². The van der Waals surface area contributed by atoms with Crippen LogP contribution in [0.5, 0.6) is 0 Å². The molecule has 1 rings (SSSR count). The van der Waals surface area contributed by atoms with Crippen molar-refractivity contribution >= 4 is 16.0 Å². The molecular formula is C15H29NO5S. The summed E-state index contributed by atoms with van der Waals surface area (Å²) in [6, 6.07) is -1.03. The van der Waals surface area contributed by atoms with Crippen LogP contribution in [0.4, 0.5) is 0 Å². The van der Waals surface area contributed by atoms with Gasteiger partial charge in [-0.2, -0.15) is 0 Å². The van der Waals surface area contributed by atoms with Crippen molar-refractivity contribution in [2.45, 2.75) is 70.9 Å². The first kappa shape index (κ1) is 19.4. The van der Waals surface area contributed by atoms with E-state index in [9.17, 15) is 13.2 Å². The topological polar surface area (TPSA) is 92.7 Å². The molecule has 22 heavy (non-hydrogen) atoms. The third-order valence-electron chi connectivity index (χ3n) is 3.89. The molecule has 1 aliphatic carbocycles. The molecule has 0 amide bonds. The van der Waals surface area contributed by atoms with E-state index in [1.54, 1.807) is 0 Å². The van der Waals surface area contributed by atoms with E-state index in [-0.39, 0.29) is 17.8 Å². The Hall–Kier alpha value is -0.660. The summed E-state index contributed by atoms with van der Waals surface area (Å²) in [5.74, 6) is -1.37. The lowest BCUT2D eigenvalue weighted by Gasteiger charge is -2.18. The molecule has 0 bridgehead atoms. The highest BCUT2D eigenvalue weighted by atomic mass is 32.2. The predicted octanol–water partition coefficient (Wildman–Crippen LogP) is 2.14. The number of hydrogen-bond acceptors (Lipinski definition) is 4. The molecule has 0 heterocycles. The van der Waals surface area contributed by atoms with Crippen molar-refractivity contribution in [2.24, 2.45) is 5.92 Å². The van der Waals surface area contributed by atoms with Crippen LogP contribution in [0.15, 0.2) is 0 Å². The molecule has 0 spiro atoms. The second-order valence-electron chi connectivity index (χ2n) is 6.28. The predicted molar refractivity (Wildman–Crippen MR) is 85.2 cm³/mol. The van der Waals surface area contributed by atoms with Crippen LogP contribution in [-0.4, -0.2) is 44.0 Å². The Morgan fingerprint density at radius 1 is 1.36 bits per heavy atom. The van der Waals surface area contributed by atoms with Crippen molar-refractivity contribution in [1.29, 1.82) is 0 Å². The number of rotatable bonds is 11. The number of hydrogen-bond donors (Lipinski definition) is 2. The summed E-state index contributed by atoms with van der Waals surface area (Å²) in [4.78, 5) is 11.1. The highest BCUT2D eigenvalue weighted by Gasteiger charge is 2.25. The third-order valence-corrected chi connectivity index (χ3v) is 5.54. The summed E-state index contributed by atoms with van der Waals surface area (Å²) >= 11 is 0. The molecule has 1 aliphatic rings. The zero-order chi connectivity index (χ0) is 16.6. The van der Waals surface area contributed by atoms with Gasteiger partial charge in [0, 0.05) is 0 Å². The molecule has 0 aromatic carbocycles. The van der Waals surface area contributed by atoms with Crippen LogP contribution in [-0.2, 0) is 19.6 Å². The molecule has 0 aromatic rings. The molecule has 6 nitrogen and oxygen atoms in total. The number of sulfonamides is 1. The van der Waals surface area contributed by atoms with Crippen LogP contribution in [0.25, 0.3) is 0 Å². The van der Waals surface area contributed by atoms with Crippen molar-refractivity contribution < 1.29 is 23.1 Å². The van der Waals surface area contributed by atoms with Gasteiger partial charge in [-0.25, -0.2) is 13.1 Å². The van der Waals surface area contributed by atoms with Crippen molar-refractivity contribution in [3.8, 4) is 0 Å². The quantitative estimate of drug-likeness (QED) is 0.603. The first-order chi connectivity index (χ1) is 10.3. The number of carboxylic acids is 1. The van der Waals surface area contributed by atoms with E-state index >= 15 is 0 Å². The minimum Gasteiger partial charge on any atom is -0.480 e. The van der Waals surface area contributed by atoms with Crippen molar-refractivity contribution in [1.82, 2.24) is 4.72 Å². The van der Waals surface area contributed by atoms with Crippen molar-refractivity contribution in [3.63, 3.8) is 0 Å². The van der Waals surface area contributed by atoms with E-state index in [1.807, 2.05) is 13.8 Å². The van der Waals surface area contributed by atoms with E-state index in [1.165, 1.54) is 12.8 Å². The second-order valence-corrected chi connectivity index (χ2v) is 8.08. The summed E-state index contributed by atoms with van der Waals surface area (Å²) in [5.41, 5.74) is 0. The van der Waals surface area contributed by atoms with E-state index in [4.69, 9.17) is 9.84 Å². The van der Waals surface area contributed by atoms with Gasteiger partial charge < -0.3 is 9.84 Å². The van der Waals surface area contributed by atoms with Crippen LogP contribution in [0.1, 0.15) is 58.8 Å². The first-order valence-corrected chi connectivity index (χ1v) is 9.83. The zero-order valence-electron chi connectivity index (χ0n) is 13.6. The van der Waals surface area contributed by atoms with Gasteiger partial charge in [0.2, 0.25) is 10.0 Å². The van der Waals surface area contributed by atoms with Gasteiger partial charge in [-0.3, -0.25) is 4.79 Å². The normalized spacial score (nSPS) is 19.2. The van der Waals surface area contributed by atoms with E-state index in [2.05, 4.69) is 4.72 Å². The summed E-state index contributed by atoms with van der Waals surface area (Å²) < 4.78 is 32.2. The van der Waals surface area contributed by atoms with Gasteiger partial charge >= 0.3 is 5.97 Å². The maximum Gasteiger partial charge on any atom is 0.321 e. The Labute approximate surface area is 133 Å². The van der Waals surface area contributed by atoms with E-state index in [0.29, 0.717) is 19.4 Å². The molecule has 1 saturated carbocycles. The number of nitrogens with one attached hydrogen (secondary N) is 1. The lowest BCUT2D eigenvalue weighted by molar-refractivity contribution is -0.139. The molecule has 2 N–H and O–H groups in total. The molecular weight excluding hydrogens is 306 g/mol. The standard InChI is InChI=1S/C15H29NO5S/c1-3-4-9-14(15(17)18)16-22(19,20)11-12(2)10-21-13-7-5-6-8-13/h12-14,16H,3-11H2,1-2H3,(H,17,18)/t12?,14-/m0/s1. The Kier molecular flexibility index (Phi) is 8.35. The molecule has 1 unspecified atom stereocenters. The molecule has 0 aromatic heterocycles. The maximum atomic E-state index is 12.1. The lowest BCUT2D eigenvalue weighted by atomic mass is 10.1. The lowest BCUT2D eigenvalue weighted by Crippen LogP contribution is -2.43. The molecule has 130 valence electrons. The smallest absolute Gasteiger partial charge is 0.321 e. The highest BCUT2D eigenvalue weighted by molar-refractivity contribution is 7.89. The van der Waals surface area contributed by atoms with Crippen LogP contribution in [0, 0.1) is 5.92 Å². The van der Waals surface area contributed by atoms with Crippen LogP contribution < -0.4 is 4.72 Å². The number of unbranched alkanes of at least 4 members (excludes halogenated alkanes) is 1. The first-order valence-electron chi connectivity index (χ1n) is 8.18. The van der Waals surface area contributed by atoms with Gasteiger partial charge in [-0.15, -0.1) is 0 Å². The molecule has 0 radical (unpaired) electrons. The Morgan fingerprint density at radius 2 is 2.00 bits per heavy atom. The van der Waals surface area contributed by atoms with Crippen LogP contribution in [0.3, 0.4) is 0 Å². The molecule has 0 saturated heterocycles. The van der Waals surface area contributed by atoms with Gasteiger partial charge in [0.25, 0.3) is 0 Å². The fourth-order valence-corrected chi connectivity index (χ4v) is 4.28. The largest absolute Gasteiger partial charge is 0.480 e. The van der Waals surface area contributed by atoms with Crippen molar-refractivity contribution in [3.05, 3.63) is 0 Å². The monoisotopic (exact) mass is 335 g/mol. The number of carboxylic acid groups (broad SMARTS) is 1. The molecule has 1 fully saturated rings. The molecule has 7 heteroatoms. The third kappa shape index (κ3) is 7.56. The molecule has 0 aliphatic heterocycles. The molecule has 2 atom stereocenters.